The van der Waals surface area contributed by atoms with E-state index in [2.05, 4.69) is 20.2 Å². The van der Waals surface area contributed by atoms with Gasteiger partial charge in [-0.25, -0.2) is 9.97 Å². The second kappa shape index (κ2) is 5.65. The lowest BCUT2D eigenvalue weighted by atomic mass is 9.99. The second-order valence-corrected chi connectivity index (χ2v) is 5.11. The standard InChI is InChI=1S/C12H19ClN4/c1-9-6-11(13)16-12(15-9)17(2)8-10-4-3-5-14-7-10/h6,10,14H,3-5,7-8H2,1-2H3/t10-/m0/s1. The lowest BCUT2D eigenvalue weighted by Gasteiger charge is -2.27. The maximum absolute atomic E-state index is 5.95. The molecule has 1 atom stereocenters. The van der Waals surface area contributed by atoms with Crippen LogP contribution in [0.15, 0.2) is 6.07 Å². The van der Waals surface area contributed by atoms with Gasteiger partial charge in [-0.1, -0.05) is 11.6 Å². The van der Waals surface area contributed by atoms with Crippen molar-refractivity contribution in [2.75, 3.05) is 31.6 Å². The first kappa shape index (κ1) is 12.6. The summed E-state index contributed by atoms with van der Waals surface area (Å²) < 4.78 is 0. The zero-order valence-electron chi connectivity index (χ0n) is 10.4. The van der Waals surface area contributed by atoms with Gasteiger partial charge >= 0.3 is 0 Å². The molecule has 17 heavy (non-hydrogen) atoms. The summed E-state index contributed by atoms with van der Waals surface area (Å²) in [5, 5.41) is 3.94. The largest absolute Gasteiger partial charge is 0.344 e. The molecule has 5 heteroatoms. The Morgan fingerprint density at radius 2 is 2.35 bits per heavy atom. The molecular formula is C12H19ClN4. The lowest BCUT2D eigenvalue weighted by Crippen LogP contribution is -2.37. The van der Waals surface area contributed by atoms with E-state index in [4.69, 9.17) is 11.6 Å². The fourth-order valence-corrected chi connectivity index (χ4v) is 2.47. The molecule has 0 aliphatic carbocycles. The summed E-state index contributed by atoms with van der Waals surface area (Å²) in [5.41, 5.74) is 0.911. The maximum atomic E-state index is 5.95. The van der Waals surface area contributed by atoms with E-state index in [9.17, 15) is 0 Å². The third-order valence-corrected chi connectivity index (χ3v) is 3.28. The molecule has 0 amide bonds. The van der Waals surface area contributed by atoms with Crippen molar-refractivity contribution in [3.63, 3.8) is 0 Å². The highest BCUT2D eigenvalue weighted by molar-refractivity contribution is 6.29. The molecule has 0 radical (unpaired) electrons. The van der Waals surface area contributed by atoms with Gasteiger partial charge in [-0.2, -0.15) is 0 Å². The van der Waals surface area contributed by atoms with E-state index in [-0.39, 0.29) is 0 Å². The molecule has 0 bridgehead atoms. The van der Waals surface area contributed by atoms with Crippen LogP contribution in [0.25, 0.3) is 0 Å². The van der Waals surface area contributed by atoms with Crippen LogP contribution < -0.4 is 10.2 Å². The van der Waals surface area contributed by atoms with Gasteiger partial charge in [0.25, 0.3) is 0 Å². The minimum atomic E-state index is 0.515. The third kappa shape index (κ3) is 3.54. The van der Waals surface area contributed by atoms with E-state index >= 15 is 0 Å². The zero-order chi connectivity index (χ0) is 12.3. The van der Waals surface area contributed by atoms with Crippen molar-refractivity contribution < 1.29 is 0 Å². The number of rotatable bonds is 3. The lowest BCUT2D eigenvalue weighted by molar-refractivity contribution is 0.380. The summed E-state index contributed by atoms with van der Waals surface area (Å²) in [6.07, 6.45) is 2.53. The van der Waals surface area contributed by atoms with Crippen LogP contribution in [0.2, 0.25) is 5.15 Å². The predicted octanol–water partition coefficient (Wildman–Crippen LogP) is 1.87. The molecule has 1 aliphatic rings. The van der Waals surface area contributed by atoms with Crippen molar-refractivity contribution in [1.29, 1.82) is 0 Å². The Morgan fingerprint density at radius 3 is 3.00 bits per heavy atom. The van der Waals surface area contributed by atoms with Gasteiger partial charge in [0.05, 0.1) is 0 Å². The molecule has 2 heterocycles. The summed E-state index contributed by atoms with van der Waals surface area (Å²) in [7, 11) is 2.03. The minimum absolute atomic E-state index is 0.515. The van der Waals surface area contributed by atoms with Gasteiger partial charge in [-0.15, -0.1) is 0 Å². The van der Waals surface area contributed by atoms with Crippen molar-refractivity contribution in [3.05, 3.63) is 16.9 Å². The zero-order valence-corrected chi connectivity index (χ0v) is 11.2. The fraction of sp³-hybridized carbons (Fsp3) is 0.667. The molecule has 0 aromatic carbocycles. The number of piperidine rings is 1. The molecule has 1 saturated heterocycles. The highest BCUT2D eigenvalue weighted by Crippen LogP contribution is 2.16. The molecule has 1 N–H and O–H groups in total. The van der Waals surface area contributed by atoms with E-state index in [0.29, 0.717) is 11.1 Å². The van der Waals surface area contributed by atoms with Gasteiger partial charge in [0, 0.05) is 19.3 Å². The monoisotopic (exact) mass is 254 g/mol. The summed E-state index contributed by atoms with van der Waals surface area (Å²) in [6, 6.07) is 1.78. The topological polar surface area (TPSA) is 41.1 Å². The average Bonchev–Trinajstić information content (AvgIpc) is 2.29. The SMILES string of the molecule is Cc1cc(Cl)nc(N(C)C[C@H]2CCCNC2)n1. The Kier molecular flexibility index (Phi) is 4.18. The Balaban J connectivity index is 2.00. The van der Waals surface area contributed by atoms with Crippen molar-refractivity contribution in [2.24, 2.45) is 5.92 Å². The first-order valence-electron chi connectivity index (χ1n) is 6.08. The van der Waals surface area contributed by atoms with Crippen LogP contribution in [0.4, 0.5) is 5.95 Å². The Morgan fingerprint density at radius 1 is 1.53 bits per heavy atom. The quantitative estimate of drug-likeness (QED) is 0.837. The summed E-state index contributed by atoms with van der Waals surface area (Å²) in [6.45, 7) is 5.15. The number of nitrogens with one attached hydrogen (secondary N) is 1. The molecule has 2 rings (SSSR count). The average molecular weight is 255 g/mol. The van der Waals surface area contributed by atoms with Gasteiger partial charge in [0.1, 0.15) is 5.15 Å². The first-order valence-corrected chi connectivity index (χ1v) is 6.46. The number of aromatic nitrogens is 2. The number of halogens is 1. The van der Waals surface area contributed by atoms with Crippen LogP contribution in [0.1, 0.15) is 18.5 Å². The van der Waals surface area contributed by atoms with Crippen LogP contribution in [0.3, 0.4) is 0 Å². The molecule has 94 valence electrons. The highest BCUT2D eigenvalue weighted by atomic mass is 35.5. The van der Waals surface area contributed by atoms with Crippen LogP contribution >= 0.6 is 11.6 Å². The molecule has 1 aromatic heterocycles. The molecule has 4 nitrogen and oxygen atoms in total. The van der Waals surface area contributed by atoms with Crippen molar-refractivity contribution in [2.45, 2.75) is 19.8 Å². The van der Waals surface area contributed by atoms with Gasteiger partial charge in [-0.3, -0.25) is 0 Å². The summed E-state index contributed by atoms with van der Waals surface area (Å²) in [5.74, 6) is 1.40. The van der Waals surface area contributed by atoms with Gasteiger partial charge in [-0.05, 0) is 44.8 Å². The van der Waals surface area contributed by atoms with Crippen LogP contribution in [-0.4, -0.2) is 36.6 Å². The smallest absolute Gasteiger partial charge is 0.226 e. The van der Waals surface area contributed by atoms with E-state index in [1.807, 2.05) is 14.0 Å². The molecule has 1 fully saturated rings. The number of nitrogens with zero attached hydrogens (tertiary/aromatic N) is 3. The minimum Gasteiger partial charge on any atom is -0.344 e. The van der Waals surface area contributed by atoms with E-state index in [0.717, 1.165) is 31.3 Å². The number of hydrogen-bond acceptors (Lipinski definition) is 4. The van der Waals surface area contributed by atoms with Crippen molar-refractivity contribution >= 4 is 17.5 Å². The molecule has 0 spiro atoms. The van der Waals surface area contributed by atoms with Crippen LogP contribution in [-0.2, 0) is 0 Å². The van der Waals surface area contributed by atoms with Gasteiger partial charge in [0.15, 0.2) is 0 Å². The highest BCUT2D eigenvalue weighted by Gasteiger charge is 2.16. The molecule has 0 saturated carbocycles. The molecule has 0 unspecified atom stereocenters. The van der Waals surface area contributed by atoms with Crippen molar-refractivity contribution in [3.8, 4) is 0 Å². The molecule has 1 aliphatic heterocycles. The molecular weight excluding hydrogens is 236 g/mol. The van der Waals surface area contributed by atoms with Crippen LogP contribution in [0, 0.1) is 12.8 Å². The summed E-state index contributed by atoms with van der Waals surface area (Å²) in [4.78, 5) is 10.8. The van der Waals surface area contributed by atoms with Crippen LogP contribution in [0.5, 0.6) is 0 Å². The first-order chi connectivity index (χ1) is 8.15. The van der Waals surface area contributed by atoms with Gasteiger partial charge < -0.3 is 10.2 Å². The number of anilines is 1. The normalized spacial score (nSPS) is 20.3. The second-order valence-electron chi connectivity index (χ2n) is 4.72. The third-order valence-electron chi connectivity index (χ3n) is 3.08. The maximum Gasteiger partial charge on any atom is 0.226 e. The molecule has 1 aromatic rings. The van der Waals surface area contributed by atoms with E-state index in [1.54, 1.807) is 6.07 Å². The Bertz CT molecular complexity index is 357. The van der Waals surface area contributed by atoms with E-state index in [1.165, 1.54) is 12.8 Å². The Labute approximate surface area is 107 Å². The predicted molar refractivity (Wildman–Crippen MR) is 70.6 cm³/mol. The number of hydrogen-bond donors (Lipinski definition) is 1. The van der Waals surface area contributed by atoms with Crippen molar-refractivity contribution in [1.82, 2.24) is 15.3 Å². The van der Waals surface area contributed by atoms with E-state index < -0.39 is 0 Å². The number of aryl methyl sites for hydroxylation is 1. The fourth-order valence-electron chi connectivity index (χ4n) is 2.23. The van der Waals surface area contributed by atoms with Gasteiger partial charge in [0.2, 0.25) is 5.95 Å². The summed E-state index contributed by atoms with van der Waals surface area (Å²) >= 11 is 5.95. The Hall–Kier alpha value is -0.870.